The zero-order valence-electron chi connectivity index (χ0n) is 17.4. The lowest BCUT2D eigenvalue weighted by atomic mass is 9.80. The van der Waals surface area contributed by atoms with Crippen LogP contribution in [0.5, 0.6) is 0 Å². The number of nitrogens with one attached hydrogen (secondary N) is 1. The molecule has 1 saturated carbocycles. The fourth-order valence-corrected chi connectivity index (χ4v) is 4.51. The van der Waals surface area contributed by atoms with Crippen molar-refractivity contribution in [2.24, 2.45) is 11.8 Å². The first-order chi connectivity index (χ1) is 13.7. The highest BCUT2D eigenvalue weighted by atomic mass is 19.4. The predicted molar refractivity (Wildman–Crippen MR) is 107 cm³/mol. The van der Waals surface area contributed by atoms with Gasteiger partial charge in [0, 0.05) is 37.9 Å². The molecule has 1 aromatic heterocycles. The van der Waals surface area contributed by atoms with E-state index in [9.17, 15) is 18.0 Å². The molecule has 0 unspecified atom stereocenters. The van der Waals surface area contributed by atoms with Crippen molar-refractivity contribution in [2.45, 2.75) is 64.7 Å². The van der Waals surface area contributed by atoms with Crippen LogP contribution in [0.4, 0.5) is 23.8 Å². The summed E-state index contributed by atoms with van der Waals surface area (Å²) in [5.41, 5.74) is -0.730. The fraction of sp³-hybridized carbons (Fsp3) is 0.714. The average Bonchev–Trinajstić information content (AvgIpc) is 2.67. The maximum atomic E-state index is 13.3. The number of rotatable bonds is 3. The van der Waals surface area contributed by atoms with Gasteiger partial charge < -0.3 is 15.1 Å². The van der Waals surface area contributed by atoms with Crippen molar-refractivity contribution < 1.29 is 18.0 Å². The molecule has 2 fully saturated rings. The molecule has 0 spiro atoms. The molecule has 1 aliphatic heterocycles. The summed E-state index contributed by atoms with van der Waals surface area (Å²) < 4.78 is 39.9. The molecule has 2 aliphatic rings. The summed E-state index contributed by atoms with van der Waals surface area (Å²) in [6, 6.07) is 2.24. The zero-order chi connectivity index (χ0) is 21.2. The molecule has 5 nitrogen and oxygen atoms in total. The van der Waals surface area contributed by atoms with Gasteiger partial charge in [0.05, 0.1) is 5.56 Å². The number of halogens is 3. The zero-order valence-corrected chi connectivity index (χ0v) is 17.4. The molecule has 0 radical (unpaired) electrons. The largest absolute Gasteiger partial charge is 0.419 e. The summed E-state index contributed by atoms with van der Waals surface area (Å²) in [7, 11) is 0. The lowest BCUT2D eigenvalue weighted by Gasteiger charge is -2.42. The van der Waals surface area contributed by atoms with E-state index in [0.717, 1.165) is 37.7 Å². The molecule has 1 N–H and O–H groups in total. The van der Waals surface area contributed by atoms with E-state index in [0.29, 0.717) is 25.6 Å². The second-order valence-corrected chi connectivity index (χ2v) is 8.67. The summed E-state index contributed by atoms with van der Waals surface area (Å²) in [4.78, 5) is 20.1. The van der Waals surface area contributed by atoms with E-state index in [1.165, 1.54) is 12.3 Å². The van der Waals surface area contributed by atoms with Gasteiger partial charge in [-0.2, -0.15) is 13.2 Å². The number of aromatic nitrogens is 1. The SMILES string of the molecule is CC(C)C1CCC(NC(=O)N2CCN(c3ncccc3C(F)(F)F)C[C@H]2C)CC1. The van der Waals surface area contributed by atoms with Crippen molar-refractivity contribution in [3.8, 4) is 0 Å². The number of piperazine rings is 1. The quantitative estimate of drug-likeness (QED) is 0.793. The Morgan fingerprint density at radius 3 is 2.48 bits per heavy atom. The van der Waals surface area contributed by atoms with Gasteiger partial charge in [-0.05, 0) is 56.6 Å². The molecule has 1 aromatic rings. The minimum atomic E-state index is -4.45. The van der Waals surface area contributed by atoms with Crippen molar-refractivity contribution in [1.29, 1.82) is 0 Å². The van der Waals surface area contributed by atoms with Gasteiger partial charge in [0.25, 0.3) is 0 Å². The third kappa shape index (κ3) is 5.14. The van der Waals surface area contributed by atoms with E-state index in [1.54, 1.807) is 9.80 Å². The molecule has 2 amide bonds. The van der Waals surface area contributed by atoms with Crippen LogP contribution in [0.25, 0.3) is 0 Å². The maximum Gasteiger partial charge on any atom is 0.419 e. The summed E-state index contributed by atoms with van der Waals surface area (Å²) >= 11 is 0. The first kappa shape index (κ1) is 21.7. The summed E-state index contributed by atoms with van der Waals surface area (Å²) in [6.45, 7) is 7.40. The van der Waals surface area contributed by atoms with Crippen molar-refractivity contribution in [3.05, 3.63) is 23.9 Å². The van der Waals surface area contributed by atoms with Crippen LogP contribution >= 0.6 is 0 Å². The molecule has 1 atom stereocenters. The van der Waals surface area contributed by atoms with E-state index in [1.807, 2.05) is 6.92 Å². The second-order valence-electron chi connectivity index (χ2n) is 8.67. The molecule has 2 heterocycles. The molecule has 162 valence electrons. The number of alkyl halides is 3. The molecule has 1 saturated heterocycles. The Labute approximate surface area is 170 Å². The van der Waals surface area contributed by atoms with Crippen LogP contribution < -0.4 is 10.2 Å². The summed E-state index contributed by atoms with van der Waals surface area (Å²) in [5, 5.41) is 3.14. The topological polar surface area (TPSA) is 48.5 Å². The first-order valence-electron chi connectivity index (χ1n) is 10.5. The second kappa shape index (κ2) is 8.79. The van der Waals surface area contributed by atoms with Crippen molar-refractivity contribution in [3.63, 3.8) is 0 Å². The van der Waals surface area contributed by atoms with E-state index in [4.69, 9.17) is 0 Å². The Hall–Kier alpha value is -1.99. The number of amides is 2. The van der Waals surface area contributed by atoms with Gasteiger partial charge >= 0.3 is 12.2 Å². The highest BCUT2D eigenvalue weighted by molar-refractivity contribution is 5.75. The van der Waals surface area contributed by atoms with Crippen LogP contribution in [0.1, 0.15) is 52.0 Å². The van der Waals surface area contributed by atoms with E-state index in [-0.39, 0.29) is 23.9 Å². The van der Waals surface area contributed by atoms with Crippen LogP contribution in [-0.4, -0.2) is 47.6 Å². The summed E-state index contributed by atoms with van der Waals surface area (Å²) in [6.07, 6.45) is 1.17. The number of anilines is 1. The number of nitrogens with zero attached hydrogens (tertiary/aromatic N) is 3. The molecular weight excluding hydrogens is 381 g/mol. The Balaban J connectivity index is 1.58. The smallest absolute Gasteiger partial charge is 0.352 e. The van der Waals surface area contributed by atoms with E-state index < -0.39 is 11.7 Å². The Morgan fingerprint density at radius 1 is 1.21 bits per heavy atom. The average molecular weight is 413 g/mol. The van der Waals surface area contributed by atoms with Gasteiger partial charge in [0.1, 0.15) is 5.82 Å². The van der Waals surface area contributed by atoms with E-state index in [2.05, 4.69) is 24.1 Å². The lowest BCUT2D eigenvalue weighted by Crippen LogP contribution is -2.58. The van der Waals surface area contributed by atoms with Crippen LogP contribution in [0, 0.1) is 11.8 Å². The monoisotopic (exact) mass is 412 g/mol. The molecule has 0 bridgehead atoms. The van der Waals surface area contributed by atoms with Gasteiger partial charge in [0.2, 0.25) is 0 Å². The van der Waals surface area contributed by atoms with Crippen LogP contribution in [0.2, 0.25) is 0 Å². The minimum Gasteiger partial charge on any atom is -0.352 e. The number of hydrogen-bond donors (Lipinski definition) is 1. The Kier molecular flexibility index (Phi) is 6.58. The number of pyridine rings is 1. The van der Waals surface area contributed by atoms with Gasteiger partial charge in [0.15, 0.2) is 0 Å². The van der Waals surface area contributed by atoms with E-state index >= 15 is 0 Å². The third-order valence-electron chi connectivity index (χ3n) is 6.32. The van der Waals surface area contributed by atoms with Gasteiger partial charge in [-0.3, -0.25) is 0 Å². The first-order valence-corrected chi connectivity index (χ1v) is 10.5. The molecule has 0 aromatic carbocycles. The highest BCUT2D eigenvalue weighted by Gasteiger charge is 2.38. The minimum absolute atomic E-state index is 0.0566. The molecule has 8 heteroatoms. The normalized spacial score (nSPS) is 26.0. The van der Waals surface area contributed by atoms with Crippen molar-refractivity contribution in [2.75, 3.05) is 24.5 Å². The Bertz CT molecular complexity index is 701. The molecule has 1 aliphatic carbocycles. The fourth-order valence-electron chi connectivity index (χ4n) is 4.51. The number of carbonyl (C=O) groups is 1. The molecular formula is C21H31F3N4O. The molecule has 29 heavy (non-hydrogen) atoms. The number of urea groups is 1. The highest BCUT2D eigenvalue weighted by Crippen LogP contribution is 2.36. The van der Waals surface area contributed by atoms with Crippen molar-refractivity contribution >= 4 is 11.8 Å². The van der Waals surface area contributed by atoms with Gasteiger partial charge in [-0.15, -0.1) is 0 Å². The summed E-state index contributed by atoms with van der Waals surface area (Å²) in [5.74, 6) is 1.35. The number of carbonyl (C=O) groups excluding carboxylic acids is 1. The van der Waals surface area contributed by atoms with Crippen molar-refractivity contribution in [1.82, 2.24) is 15.2 Å². The molecule has 3 rings (SSSR count). The van der Waals surface area contributed by atoms with Gasteiger partial charge in [-0.25, -0.2) is 9.78 Å². The third-order valence-corrected chi connectivity index (χ3v) is 6.32. The predicted octanol–water partition coefficient (Wildman–Crippen LogP) is 4.54. The standard InChI is InChI=1S/C21H31F3N4O/c1-14(2)16-6-8-17(9-7-16)26-20(29)28-12-11-27(13-15(28)3)19-18(21(22,23)24)5-4-10-25-19/h4-5,10,14-17H,6-9,11-13H2,1-3H3,(H,26,29)/t15-,16?,17?/m1/s1. The Morgan fingerprint density at radius 2 is 1.90 bits per heavy atom. The number of hydrogen-bond acceptors (Lipinski definition) is 3. The lowest BCUT2D eigenvalue weighted by molar-refractivity contribution is -0.137. The van der Waals surface area contributed by atoms with Crippen LogP contribution in [-0.2, 0) is 6.18 Å². The van der Waals surface area contributed by atoms with Crippen LogP contribution in [0.3, 0.4) is 0 Å². The van der Waals surface area contributed by atoms with Gasteiger partial charge in [-0.1, -0.05) is 13.8 Å². The van der Waals surface area contributed by atoms with Crippen LogP contribution in [0.15, 0.2) is 18.3 Å². The maximum absolute atomic E-state index is 13.3.